The maximum Gasteiger partial charge on any atom is 0.226 e. The number of carbonyl (C=O) groups is 1. The molecule has 0 atom stereocenters. The number of para-hydroxylation sites is 2. The van der Waals surface area contributed by atoms with Gasteiger partial charge in [0.05, 0.1) is 18.7 Å². The Hall–Kier alpha value is -1.71. The van der Waals surface area contributed by atoms with Crippen molar-refractivity contribution in [3.63, 3.8) is 0 Å². The van der Waals surface area contributed by atoms with Crippen LogP contribution in [0.25, 0.3) is 0 Å². The normalized spacial score (nSPS) is 17.0. The van der Waals surface area contributed by atoms with Crippen molar-refractivity contribution in [3.05, 3.63) is 24.3 Å². The lowest BCUT2D eigenvalue weighted by Gasteiger charge is -2.26. The van der Waals surface area contributed by atoms with Gasteiger partial charge in [-0.3, -0.25) is 4.79 Å². The number of nitrogens with zero attached hydrogens (tertiary/aromatic N) is 1. The highest BCUT2D eigenvalue weighted by Gasteiger charge is 2.36. The Morgan fingerprint density at radius 2 is 2.05 bits per heavy atom. The lowest BCUT2D eigenvalue weighted by atomic mass is 9.82. The molecular weight excluding hydrogens is 264 g/mol. The van der Waals surface area contributed by atoms with E-state index in [-0.39, 0.29) is 5.91 Å². The number of nitrogens with two attached hydrogens (primary N) is 1. The standard InChI is InChI=1S/C17H26N2O2/c1-3-17(4-2)10-11-19(13-17)16(20)9-12-21-15-8-6-5-7-14(15)18/h5-8H,3-4,9-13,18H2,1-2H3. The van der Waals surface area contributed by atoms with Gasteiger partial charge in [-0.25, -0.2) is 0 Å². The van der Waals surface area contributed by atoms with Crippen LogP contribution in [-0.2, 0) is 4.79 Å². The van der Waals surface area contributed by atoms with Crippen LogP contribution in [0.1, 0.15) is 39.5 Å². The summed E-state index contributed by atoms with van der Waals surface area (Å²) >= 11 is 0. The van der Waals surface area contributed by atoms with Crippen LogP contribution in [0.15, 0.2) is 24.3 Å². The van der Waals surface area contributed by atoms with Crippen molar-refractivity contribution in [2.24, 2.45) is 5.41 Å². The van der Waals surface area contributed by atoms with Gasteiger partial charge in [-0.2, -0.15) is 0 Å². The Labute approximate surface area is 127 Å². The summed E-state index contributed by atoms with van der Waals surface area (Å²) in [7, 11) is 0. The first-order valence-electron chi connectivity index (χ1n) is 7.85. The van der Waals surface area contributed by atoms with Crippen LogP contribution in [0.3, 0.4) is 0 Å². The van der Waals surface area contributed by atoms with E-state index in [0.29, 0.717) is 29.9 Å². The molecule has 4 nitrogen and oxygen atoms in total. The number of amides is 1. The van der Waals surface area contributed by atoms with E-state index in [0.717, 1.165) is 32.4 Å². The summed E-state index contributed by atoms with van der Waals surface area (Å²) in [6.07, 6.45) is 3.82. The van der Waals surface area contributed by atoms with Crippen molar-refractivity contribution in [3.8, 4) is 5.75 Å². The van der Waals surface area contributed by atoms with Crippen molar-refractivity contribution in [2.45, 2.75) is 39.5 Å². The van der Waals surface area contributed by atoms with Gasteiger partial charge in [-0.05, 0) is 36.8 Å². The Morgan fingerprint density at radius 1 is 1.33 bits per heavy atom. The molecule has 0 spiro atoms. The smallest absolute Gasteiger partial charge is 0.226 e. The Kier molecular flexibility index (Phi) is 5.10. The van der Waals surface area contributed by atoms with Crippen LogP contribution < -0.4 is 10.5 Å². The van der Waals surface area contributed by atoms with Crippen molar-refractivity contribution in [2.75, 3.05) is 25.4 Å². The molecule has 1 aliphatic heterocycles. The molecule has 0 bridgehead atoms. The number of rotatable bonds is 6. The molecule has 1 aromatic rings. The largest absolute Gasteiger partial charge is 0.491 e. The molecule has 2 N–H and O–H groups in total. The van der Waals surface area contributed by atoms with Gasteiger partial charge < -0.3 is 15.4 Å². The molecule has 1 aromatic carbocycles. The maximum atomic E-state index is 12.3. The van der Waals surface area contributed by atoms with E-state index in [1.807, 2.05) is 23.1 Å². The Balaban J connectivity index is 1.80. The van der Waals surface area contributed by atoms with Gasteiger partial charge in [0.15, 0.2) is 0 Å². The van der Waals surface area contributed by atoms with Crippen molar-refractivity contribution in [1.29, 1.82) is 0 Å². The van der Waals surface area contributed by atoms with Crippen LogP contribution in [0, 0.1) is 5.41 Å². The molecule has 1 aliphatic rings. The highest BCUT2D eigenvalue weighted by atomic mass is 16.5. The van der Waals surface area contributed by atoms with Crippen LogP contribution in [0.5, 0.6) is 5.75 Å². The van der Waals surface area contributed by atoms with Gasteiger partial charge >= 0.3 is 0 Å². The van der Waals surface area contributed by atoms with Crippen LogP contribution in [-0.4, -0.2) is 30.5 Å². The van der Waals surface area contributed by atoms with Gasteiger partial charge in [-0.1, -0.05) is 26.0 Å². The quantitative estimate of drug-likeness (QED) is 0.819. The van der Waals surface area contributed by atoms with Crippen LogP contribution in [0.4, 0.5) is 5.69 Å². The van der Waals surface area contributed by atoms with E-state index >= 15 is 0 Å². The number of nitrogen functional groups attached to an aromatic ring is 1. The molecular formula is C17H26N2O2. The molecule has 0 aromatic heterocycles. The first-order chi connectivity index (χ1) is 10.1. The number of ether oxygens (including phenoxy) is 1. The van der Waals surface area contributed by atoms with Crippen molar-refractivity contribution in [1.82, 2.24) is 4.90 Å². The molecule has 116 valence electrons. The van der Waals surface area contributed by atoms with Gasteiger partial charge in [0.25, 0.3) is 0 Å². The second-order valence-corrected chi connectivity index (χ2v) is 5.91. The van der Waals surface area contributed by atoms with E-state index in [4.69, 9.17) is 10.5 Å². The molecule has 0 saturated carbocycles. The van der Waals surface area contributed by atoms with E-state index in [1.165, 1.54) is 0 Å². The second-order valence-electron chi connectivity index (χ2n) is 5.91. The van der Waals surface area contributed by atoms with Gasteiger partial charge in [-0.15, -0.1) is 0 Å². The number of carbonyl (C=O) groups excluding carboxylic acids is 1. The van der Waals surface area contributed by atoms with Gasteiger partial charge in [0.1, 0.15) is 5.75 Å². The summed E-state index contributed by atoms with van der Waals surface area (Å²) in [5.41, 5.74) is 6.76. The molecule has 1 fully saturated rings. The van der Waals surface area contributed by atoms with Gasteiger partial charge in [0, 0.05) is 13.1 Å². The molecule has 2 rings (SSSR count). The highest BCUT2D eigenvalue weighted by Crippen LogP contribution is 2.37. The first kappa shape index (κ1) is 15.7. The van der Waals surface area contributed by atoms with Crippen molar-refractivity contribution < 1.29 is 9.53 Å². The lowest BCUT2D eigenvalue weighted by molar-refractivity contribution is -0.131. The second kappa shape index (κ2) is 6.83. The molecule has 1 heterocycles. The number of likely N-dealkylation sites (tertiary alicyclic amines) is 1. The monoisotopic (exact) mass is 290 g/mol. The van der Waals surface area contributed by atoms with Gasteiger partial charge in [0.2, 0.25) is 5.91 Å². The van der Waals surface area contributed by atoms with Crippen molar-refractivity contribution >= 4 is 11.6 Å². The minimum Gasteiger partial charge on any atom is -0.491 e. The number of hydrogen-bond acceptors (Lipinski definition) is 3. The third kappa shape index (κ3) is 3.69. The van der Waals surface area contributed by atoms with E-state index in [9.17, 15) is 4.79 Å². The lowest BCUT2D eigenvalue weighted by Crippen LogP contribution is -2.32. The Morgan fingerprint density at radius 3 is 2.67 bits per heavy atom. The minimum absolute atomic E-state index is 0.188. The zero-order valence-corrected chi connectivity index (χ0v) is 13.1. The Bertz CT molecular complexity index is 483. The third-order valence-electron chi connectivity index (χ3n) is 4.78. The summed E-state index contributed by atoms with van der Waals surface area (Å²) in [5, 5.41) is 0. The van der Waals surface area contributed by atoms with Crippen LogP contribution in [0.2, 0.25) is 0 Å². The fourth-order valence-corrected chi connectivity index (χ4v) is 2.99. The number of hydrogen-bond donors (Lipinski definition) is 1. The summed E-state index contributed by atoms with van der Waals surface area (Å²) in [5.74, 6) is 0.844. The maximum absolute atomic E-state index is 12.3. The summed E-state index contributed by atoms with van der Waals surface area (Å²) in [6, 6.07) is 7.38. The predicted octanol–water partition coefficient (Wildman–Crippen LogP) is 3.08. The molecule has 4 heteroatoms. The van der Waals surface area contributed by atoms with E-state index in [1.54, 1.807) is 6.07 Å². The summed E-state index contributed by atoms with van der Waals surface area (Å²) in [6.45, 7) is 6.60. The fourth-order valence-electron chi connectivity index (χ4n) is 2.99. The molecule has 0 unspecified atom stereocenters. The molecule has 1 amide bonds. The summed E-state index contributed by atoms with van der Waals surface area (Å²) in [4.78, 5) is 14.2. The number of benzene rings is 1. The topological polar surface area (TPSA) is 55.6 Å². The molecule has 21 heavy (non-hydrogen) atoms. The molecule has 0 aliphatic carbocycles. The van der Waals surface area contributed by atoms with E-state index in [2.05, 4.69) is 13.8 Å². The fraction of sp³-hybridized carbons (Fsp3) is 0.588. The molecule has 0 radical (unpaired) electrons. The van der Waals surface area contributed by atoms with E-state index < -0.39 is 0 Å². The SMILES string of the molecule is CCC1(CC)CCN(C(=O)CCOc2ccccc2N)C1. The predicted molar refractivity (Wildman–Crippen MR) is 85.2 cm³/mol. The minimum atomic E-state index is 0.188. The molecule has 1 saturated heterocycles. The zero-order chi connectivity index (χ0) is 15.3. The highest BCUT2D eigenvalue weighted by molar-refractivity contribution is 5.76. The number of anilines is 1. The average molecular weight is 290 g/mol. The third-order valence-corrected chi connectivity index (χ3v) is 4.78. The van der Waals surface area contributed by atoms with Crippen LogP contribution >= 0.6 is 0 Å². The first-order valence-corrected chi connectivity index (χ1v) is 7.85. The summed E-state index contributed by atoms with van der Waals surface area (Å²) < 4.78 is 5.60. The average Bonchev–Trinajstić information content (AvgIpc) is 2.94. The zero-order valence-electron chi connectivity index (χ0n) is 13.1.